The molecule has 0 fully saturated rings. The number of ketones is 2. The Morgan fingerprint density at radius 2 is 1.44 bits per heavy atom. The Kier molecular flexibility index (Phi) is 4.04. The summed E-state index contributed by atoms with van der Waals surface area (Å²) in [6, 6.07) is 16.9. The minimum absolute atomic E-state index is 0.124. The zero-order chi connectivity index (χ0) is 19.1. The molecule has 0 saturated carbocycles. The Balaban J connectivity index is 1.96. The number of nitrogens with one attached hydrogen (secondary N) is 2. The van der Waals surface area contributed by atoms with Crippen molar-refractivity contribution in [1.29, 1.82) is 0 Å². The predicted octanol–water partition coefficient (Wildman–Crippen LogP) is 4.86. The van der Waals surface area contributed by atoms with Gasteiger partial charge in [-0.2, -0.15) is 0 Å². The lowest BCUT2D eigenvalue weighted by molar-refractivity contribution is 0.0980. The van der Waals surface area contributed by atoms with Gasteiger partial charge in [0.2, 0.25) is 0 Å². The lowest BCUT2D eigenvalue weighted by Crippen LogP contribution is -2.24. The quantitative estimate of drug-likeness (QED) is 0.550. The summed E-state index contributed by atoms with van der Waals surface area (Å²) in [6.07, 6.45) is 0. The molecule has 3 aromatic carbocycles. The van der Waals surface area contributed by atoms with Gasteiger partial charge in [-0.25, -0.2) is 0 Å². The van der Waals surface area contributed by atoms with Crippen molar-refractivity contribution < 1.29 is 9.59 Å². The standard InChI is InChI=1S/C23H20N2O2/c1-13-7-6-8-15(11-13)25-18-12-14(2)21(24-3)20-19(18)22(26)16-9-4-5-10-17(16)23(20)27/h4-12,24-25H,1-3H3. The number of aryl methyl sites for hydroxylation is 2. The minimum atomic E-state index is -0.133. The van der Waals surface area contributed by atoms with E-state index in [2.05, 4.69) is 10.6 Å². The van der Waals surface area contributed by atoms with E-state index in [1.807, 2.05) is 44.2 Å². The SMILES string of the molecule is CNc1c(C)cc(Nc2cccc(C)c2)c2c1C(=O)c1ccccc1C2=O. The summed E-state index contributed by atoms with van der Waals surface area (Å²) in [6.45, 7) is 3.95. The second kappa shape index (κ2) is 6.40. The van der Waals surface area contributed by atoms with Crippen molar-refractivity contribution in [2.75, 3.05) is 17.7 Å². The fourth-order valence-corrected chi connectivity index (χ4v) is 3.73. The van der Waals surface area contributed by atoms with E-state index in [0.29, 0.717) is 33.6 Å². The van der Waals surface area contributed by atoms with Crippen LogP contribution in [0, 0.1) is 13.8 Å². The van der Waals surface area contributed by atoms with Crippen LogP contribution in [0.15, 0.2) is 54.6 Å². The van der Waals surface area contributed by atoms with E-state index in [1.54, 1.807) is 31.3 Å². The molecule has 1 aliphatic rings. The number of fused-ring (bicyclic) bond motifs is 2. The molecule has 0 unspecified atom stereocenters. The summed E-state index contributed by atoms with van der Waals surface area (Å²) >= 11 is 0. The van der Waals surface area contributed by atoms with Crippen LogP contribution in [0.1, 0.15) is 43.0 Å². The van der Waals surface area contributed by atoms with Gasteiger partial charge in [0.15, 0.2) is 11.6 Å². The van der Waals surface area contributed by atoms with Gasteiger partial charge in [0.05, 0.1) is 16.8 Å². The van der Waals surface area contributed by atoms with E-state index in [1.165, 1.54) is 0 Å². The first-order chi connectivity index (χ1) is 13.0. The van der Waals surface area contributed by atoms with E-state index in [9.17, 15) is 9.59 Å². The smallest absolute Gasteiger partial charge is 0.196 e. The van der Waals surface area contributed by atoms with Crippen molar-refractivity contribution in [1.82, 2.24) is 0 Å². The van der Waals surface area contributed by atoms with Crippen molar-refractivity contribution >= 4 is 28.6 Å². The third-order valence-corrected chi connectivity index (χ3v) is 4.94. The zero-order valence-corrected chi connectivity index (χ0v) is 15.5. The average molecular weight is 356 g/mol. The molecule has 0 radical (unpaired) electrons. The number of anilines is 3. The highest BCUT2D eigenvalue weighted by Gasteiger charge is 2.34. The van der Waals surface area contributed by atoms with Gasteiger partial charge < -0.3 is 10.6 Å². The Labute approximate surface area is 158 Å². The molecule has 0 aromatic heterocycles. The van der Waals surface area contributed by atoms with Crippen molar-refractivity contribution in [3.8, 4) is 0 Å². The van der Waals surface area contributed by atoms with Gasteiger partial charge in [-0.3, -0.25) is 9.59 Å². The van der Waals surface area contributed by atoms with Crippen LogP contribution in [0.3, 0.4) is 0 Å². The second-order valence-electron chi connectivity index (χ2n) is 6.81. The molecule has 4 nitrogen and oxygen atoms in total. The van der Waals surface area contributed by atoms with Crippen molar-refractivity contribution in [2.24, 2.45) is 0 Å². The summed E-state index contributed by atoms with van der Waals surface area (Å²) in [4.78, 5) is 26.5. The van der Waals surface area contributed by atoms with Crippen LogP contribution in [0.4, 0.5) is 17.1 Å². The lowest BCUT2D eigenvalue weighted by Gasteiger charge is -2.25. The van der Waals surface area contributed by atoms with Crippen LogP contribution < -0.4 is 10.6 Å². The predicted molar refractivity (Wildman–Crippen MR) is 108 cm³/mol. The lowest BCUT2D eigenvalue weighted by atomic mass is 9.81. The van der Waals surface area contributed by atoms with E-state index < -0.39 is 0 Å². The largest absolute Gasteiger partial charge is 0.387 e. The van der Waals surface area contributed by atoms with Crippen LogP contribution in [0.25, 0.3) is 0 Å². The van der Waals surface area contributed by atoms with E-state index in [0.717, 1.165) is 16.8 Å². The Morgan fingerprint density at radius 3 is 2.07 bits per heavy atom. The summed E-state index contributed by atoms with van der Waals surface area (Å²) in [5, 5.41) is 6.45. The van der Waals surface area contributed by atoms with Gasteiger partial charge in [-0.05, 0) is 43.2 Å². The number of rotatable bonds is 3. The van der Waals surface area contributed by atoms with E-state index in [4.69, 9.17) is 0 Å². The fourth-order valence-electron chi connectivity index (χ4n) is 3.73. The number of carbonyl (C=O) groups is 2. The number of carbonyl (C=O) groups excluding carboxylic acids is 2. The average Bonchev–Trinajstić information content (AvgIpc) is 2.66. The van der Waals surface area contributed by atoms with Gasteiger partial charge in [-0.15, -0.1) is 0 Å². The molecule has 0 saturated heterocycles. The van der Waals surface area contributed by atoms with Crippen molar-refractivity contribution in [2.45, 2.75) is 13.8 Å². The minimum Gasteiger partial charge on any atom is -0.387 e. The van der Waals surface area contributed by atoms with Crippen molar-refractivity contribution in [3.63, 3.8) is 0 Å². The number of hydrogen-bond acceptors (Lipinski definition) is 4. The maximum absolute atomic E-state index is 13.3. The maximum atomic E-state index is 13.3. The second-order valence-corrected chi connectivity index (χ2v) is 6.81. The molecular weight excluding hydrogens is 336 g/mol. The van der Waals surface area contributed by atoms with Crippen molar-refractivity contribution in [3.05, 3.63) is 88.0 Å². The van der Waals surface area contributed by atoms with E-state index in [-0.39, 0.29) is 11.6 Å². The molecule has 3 aromatic rings. The van der Waals surface area contributed by atoms with Crippen LogP contribution in [-0.4, -0.2) is 18.6 Å². The zero-order valence-electron chi connectivity index (χ0n) is 15.5. The molecule has 0 bridgehead atoms. The summed E-state index contributed by atoms with van der Waals surface area (Å²) in [5.74, 6) is -0.257. The normalized spacial score (nSPS) is 12.4. The molecule has 27 heavy (non-hydrogen) atoms. The molecule has 4 heteroatoms. The van der Waals surface area contributed by atoms with Gasteiger partial charge in [-0.1, -0.05) is 36.4 Å². The first-order valence-corrected chi connectivity index (χ1v) is 8.88. The fraction of sp³-hybridized carbons (Fsp3) is 0.130. The molecule has 1 aliphatic carbocycles. The molecular formula is C23H20N2O2. The molecule has 4 rings (SSSR count). The third kappa shape index (κ3) is 2.70. The monoisotopic (exact) mass is 356 g/mol. The molecule has 2 N–H and O–H groups in total. The first kappa shape index (κ1) is 17.0. The molecule has 0 heterocycles. The van der Waals surface area contributed by atoms with E-state index >= 15 is 0 Å². The molecule has 0 aliphatic heterocycles. The van der Waals surface area contributed by atoms with Gasteiger partial charge in [0.1, 0.15) is 0 Å². The van der Waals surface area contributed by atoms with Crippen LogP contribution in [-0.2, 0) is 0 Å². The molecule has 134 valence electrons. The molecule has 0 atom stereocenters. The highest BCUT2D eigenvalue weighted by atomic mass is 16.1. The van der Waals surface area contributed by atoms with Crippen LogP contribution >= 0.6 is 0 Å². The Morgan fingerprint density at radius 1 is 0.778 bits per heavy atom. The topological polar surface area (TPSA) is 58.2 Å². The van der Waals surface area contributed by atoms with Crippen LogP contribution in [0.2, 0.25) is 0 Å². The number of hydrogen-bond donors (Lipinski definition) is 2. The summed E-state index contributed by atoms with van der Waals surface area (Å²) in [7, 11) is 1.77. The maximum Gasteiger partial charge on any atom is 0.196 e. The van der Waals surface area contributed by atoms with Gasteiger partial charge in [0, 0.05) is 29.5 Å². The number of benzene rings is 3. The first-order valence-electron chi connectivity index (χ1n) is 8.88. The molecule has 0 spiro atoms. The van der Waals surface area contributed by atoms with Gasteiger partial charge in [0.25, 0.3) is 0 Å². The molecule has 0 amide bonds. The third-order valence-electron chi connectivity index (χ3n) is 4.94. The summed E-state index contributed by atoms with van der Waals surface area (Å²) < 4.78 is 0. The Bertz CT molecular complexity index is 1100. The van der Waals surface area contributed by atoms with Gasteiger partial charge >= 0.3 is 0 Å². The highest BCUT2D eigenvalue weighted by molar-refractivity contribution is 6.32. The van der Waals surface area contributed by atoms with Crippen LogP contribution in [0.5, 0.6) is 0 Å². The summed E-state index contributed by atoms with van der Waals surface area (Å²) in [5.41, 5.74) is 6.04. The highest BCUT2D eigenvalue weighted by Crippen LogP contribution is 2.39. The Hall–Kier alpha value is -3.40.